The molecule has 2 aliphatic rings. The molecule has 9 N–H and O–H groups in total. The maximum absolute atomic E-state index is 13.4. The van der Waals surface area contributed by atoms with Crippen LogP contribution in [-0.2, 0) is 32.7 Å². The fourth-order valence-corrected chi connectivity index (χ4v) is 8.12. The van der Waals surface area contributed by atoms with Gasteiger partial charge in [-0.3, -0.25) is 18.6 Å². The number of phosphoric ester groups is 1. The summed E-state index contributed by atoms with van der Waals surface area (Å²) >= 11 is 0. The first-order chi connectivity index (χ1) is 29.6. The number of hydrogen-bond donors (Lipinski definition) is 9. The van der Waals surface area contributed by atoms with Crippen LogP contribution in [0.2, 0.25) is 0 Å². The molecule has 2 rings (SSSR count). The molecular formula is C45H75O16P. The molecule has 0 aromatic rings. The number of unbranched alkanes of at least 4 members (excludes halogenated alkanes) is 7. The van der Waals surface area contributed by atoms with E-state index in [1.165, 1.54) is 43.6 Å². The van der Waals surface area contributed by atoms with E-state index in [1.54, 1.807) is 0 Å². The minimum absolute atomic E-state index is 0.0262. The number of phosphoric acid groups is 1. The van der Waals surface area contributed by atoms with Crippen molar-refractivity contribution in [3.63, 3.8) is 0 Å². The number of esters is 2. The normalized spacial score (nSPS) is 33.5. The summed E-state index contributed by atoms with van der Waals surface area (Å²) in [6, 6.07) is 0. The first-order valence-electron chi connectivity index (χ1n) is 22.3. The van der Waals surface area contributed by atoms with Gasteiger partial charge in [0.05, 0.1) is 43.5 Å². The molecule has 1 saturated carbocycles. The van der Waals surface area contributed by atoms with Crippen LogP contribution >= 0.6 is 7.82 Å². The molecule has 0 amide bonds. The Hall–Kier alpha value is -2.57. The summed E-state index contributed by atoms with van der Waals surface area (Å²) < 4.78 is 34.4. The average Bonchev–Trinajstić information content (AvgIpc) is 3.23. The molecule has 1 aliphatic carbocycles. The van der Waals surface area contributed by atoms with Crippen molar-refractivity contribution in [3.05, 3.63) is 60.8 Å². The van der Waals surface area contributed by atoms with Crippen molar-refractivity contribution in [3.8, 4) is 0 Å². The molecular weight excluding hydrogens is 827 g/mol. The fourth-order valence-electron chi connectivity index (χ4n) is 7.15. The van der Waals surface area contributed by atoms with E-state index in [1.807, 2.05) is 19.1 Å². The van der Waals surface area contributed by atoms with Gasteiger partial charge in [0.2, 0.25) is 0 Å². The first-order valence-corrected chi connectivity index (χ1v) is 23.8. The van der Waals surface area contributed by atoms with Crippen LogP contribution in [0, 0.1) is 11.8 Å². The molecule has 0 spiro atoms. The number of allylic oxidation sites excluding steroid dienone is 7. The molecule has 0 radical (unpaired) electrons. The maximum Gasteiger partial charge on any atom is 0.472 e. The number of cyclic esters (lactones) is 1. The van der Waals surface area contributed by atoms with Crippen LogP contribution in [0.5, 0.6) is 0 Å². The topological polar surface area (TPSA) is 270 Å². The highest BCUT2D eigenvalue weighted by Gasteiger charge is 2.49. The summed E-state index contributed by atoms with van der Waals surface area (Å²) in [6.07, 6.45) is 8.52. The van der Waals surface area contributed by atoms with Gasteiger partial charge in [-0.2, -0.15) is 0 Å². The fraction of sp³-hybridized carbons (Fsp3) is 0.733. The third-order valence-electron chi connectivity index (χ3n) is 10.9. The van der Waals surface area contributed by atoms with E-state index in [-0.39, 0.29) is 19.3 Å². The average molecular weight is 903 g/mol. The molecule has 1 unspecified atom stereocenters. The molecule has 2 bridgehead atoms. The maximum atomic E-state index is 13.4. The molecule has 1 fully saturated rings. The largest absolute Gasteiger partial charge is 0.472 e. The van der Waals surface area contributed by atoms with Gasteiger partial charge in [-0.05, 0) is 57.8 Å². The van der Waals surface area contributed by atoms with Gasteiger partial charge in [0, 0.05) is 24.7 Å². The van der Waals surface area contributed by atoms with Crippen molar-refractivity contribution >= 4 is 19.8 Å². The molecule has 62 heavy (non-hydrogen) atoms. The van der Waals surface area contributed by atoms with Gasteiger partial charge in [-0.1, -0.05) is 107 Å². The number of fused-ring (bicyclic) bond motifs is 4. The Morgan fingerprint density at radius 1 is 0.790 bits per heavy atom. The molecule has 1 heterocycles. The monoisotopic (exact) mass is 902 g/mol. The Morgan fingerprint density at radius 2 is 1.40 bits per heavy atom. The Balaban J connectivity index is 2.22. The van der Waals surface area contributed by atoms with Gasteiger partial charge in [-0.15, -0.1) is 0 Å². The predicted octanol–water partition coefficient (Wildman–Crippen LogP) is 4.54. The van der Waals surface area contributed by atoms with E-state index >= 15 is 0 Å². The lowest BCUT2D eigenvalue weighted by Gasteiger charge is -2.37. The molecule has 0 saturated heterocycles. The third kappa shape index (κ3) is 21.9. The quantitative estimate of drug-likeness (QED) is 0.0351. The van der Waals surface area contributed by atoms with Crippen LogP contribution in [-0.4, -0.2) is 132 Å². The lowest BCUT2D eigenvalue weighted by molar-refractivity contribution is -0.167. The summed E-state index contributed by atoms with van der Waals surface area (Å²) in [6.45, 7) is 2.70. The van der Waals surface area contributed by atoms with Crippen LogP contribution < -0.4 is 0 Å². The van der Waals surface area contributed by atoms with Gasteiger partial charge < -0.3 is 55.2 Å². The van der Waals surface area contributed by atoms with Crippen molar-refractivity contribution < 1.29 is 78.4 Å². The molecule has 13 atom stereocenters. The lowest BCUT2D eigenvalue weighted by atomic mass is 9.83. The highest BCUT2D eigenvalue weighted by atomic mass is 31.2. The Labute approximate surface area is 367 Å². The SMILES string of the molecule is CCCCC/C=C\C/C=C\C/C=C\CCCCC(=O)O[C@@H]1COC(=O)C/C=C\C[C@H]2[C@@H](O)[C@H](O)[C@@H](O)[C@H](OP(=O)(O)OC1)[C@H](O)[C@H](O)[C@@H](/C=C/[C@H](O)CCCCC)[C@H](O)C[C@@H]2O. The summed E-state index contributed by atoms with van der Waals surface area (Å²) in [5.41, 5.74) is 0. The van der Waals surface area contributed by atoms with Crippen LogP contribution in [0.3, 0.4) is 0 Å². The number of aliphatic hydroxyl groups excluding tert-OH is 8. The summed E-state index contributed by atoms with van der Waals surface area (Å²) in [4.78, 5) is 36.3. The highest BCUT2D eigenvalue weighted by molar-refractivity contribution is 7.47. The van der Waals surface area contributed by atoms with E-state index < -0.39 is 112 Å². The third-order valence-corrected chi connectivity index (χ3v) is 11.9. The number of hydrogen-bond acceptors (Lipinski definition) is 15. The summed E-state index contributed by atoms with van der Waals surface area (Å²) in [7, 11) is -5.44. The zero-order chi connectivity index (χ0) is 45.9. The number of aliphatic hydroxyl groups is 8. The number of carbonyl (C=O) groups is 2. The van der Waals surface area contributed by atoms with Crippen molar-refractivity contribution in [1.82, 2.24) is 0 Å². The standard InChI is InChI=1S/C45H75O16P/c1-3-5-7-8-9-10-11-12-13-14-15-16-17-18-20-26-39(50)60-33-30-58-38(49)25-22-21-24-34-36(47)29-37(48)35(28-27-32(46)23-19-6-4-2)41(52)43(54)45(44(55)42(53)40(34)51)61-62(56,57)59-31-33/h9-10,12-13,15-16,21-22,27-28,32-37,40-48,51-55H,3-8,11,14,17-20,23-26,29-31H2,1-2H3,(H,56,57)/b10-9-,13-12-,16-15-,22-21-,28-27+/t32-,33-,34-,35+,36+,37-,40-,41-,42+,43-,44-,45-/m1/s1. The molecule has 16 nitrogen and oxygen atoms in total. The van der Waals surface area contributed by atoms with Gasteiger partial charge in [-0.25, -0.2) is 4.57 Å². The molecule has 0 aromatic carbocycles. The predicted molar refractivity (Wildman–Crippen MR) is 232 cm³/mol. The highest BCUT2D eigenvalue weighted by Crippen LogP contribution is 2.47. The van der Waals surface area contributed by atoms with Crippen molar-refractivity contribution in [2.75, 3.05) is 13.2 Å². The van der Waals surface area contributed by atoms with E-state index in [2.05, 4.69) is 31.2 Å². The van der Waals surface area contributed by atoms with Crippen molar-refractivity contribution in [2.45, 2.75) is 184 Å². The Bertz CT molecular complexity index is 1450. The Kier molecular flexibility index (Phi) is 28.1. The Morgan fingerprint density at radius 3 is 2.06 bits per heavy atom. The van der Waals surface area contributed by atoms with Crippen LogP contribution in [0.1, 0.15) is 123 Å². The van der Waals surface area contributed by atoms with E-state index in [9.17, 15) is 59.9 Å². The first kappa shape index (κ1) is 55.6. The lowest BCUT2D eigenvalue weighted by Crippen LogP contribution is -2.55. The molecule has 356 valence electrons. The molecule has 1 aliphatic heterocycles. The smallest absolute Gasteiger partial charge is 0.461 e. The zero-order valence-corrected chi connectivity index (χ0v) is 37.4. The zero-order valence-electron chi connectivity index (χ0n) is 36.5. The van der Waals surface area contributed by atoms with E-state index in [0.717, 1.165) is 38.5 Å². The van der Waals surface area contributed by atoms with Gasteiger partial charge in [0.15, 0.2) is 6.10 Å². The second-order valence-electron chi connectivity index (χ2n) is 16.2. The number of rotatable bonds is 20. The second-order valence-corrected chi connectivity index (χ2v) is 17.6. The van der Waals surface area contributed by atoms with E-state index in [4.69, 9.17) is 18.5 Å². The minimum Gasteiger partial charge on any atom is -0.461 e. The van der Waals surface area contributed by atoms with E-state index in [0.29, 0.717) is 25.7 Å². The summed E-state index contributed by atoms with van der Waals surface area (Å²) in [5, 5.41) is 89.5. The van der Waals surface area contributed by atoms with Gasteiger partial charge in [0.25, 0.3) is 0 Å². The van der Waals surface area contributed by atoms with Crippen LogP contribution in [0.25, 0.3) is 0 Å². The van der Waals surface area contributed by atoms with Crippen molar-refractivity contribution in [2.24, 2.45) is 11.8 Å². The van der Waals surface area contributed by atoms with Crippen LogP contribution in [0.4, 0.5) is 0 Å². The van der Waals surface area contributed by atoms with Crippen LogP contribution in [0.15, 0.2) is 60.8 Å². The number of carbonyl (C=O) groups excluding carboxylic acids is 2. The van der Waals surface area contributed by atoms with Gasteiger partial charge >= 0.3 is 19.8 Å². The minimum atomic E-state index is -5.44. The summed E-state index contributed by atoms with van der Waals surface area (Å²) in [5.74, 6) is -4.33. The molecule has 17 heteroatoms. The molecule has 0 aromatic heterocycles. The van der Waals surface area contributed by atoms with Gasteiger partial charge in [0.1, 0.15) is 31.0 Å². The second kappa shape index (κ2) is 31.3. The number of ether oxygens (including phenoxy) is 2. The van der Waals surface area contributed by atoms with Crippen molar-refractivity contribution in [1.29, 1.82) is 0 Å².